The normalized spacial score (nSPS) is 12.7. The zero-order valence-electron chi connectivity index (χ0n) is 28.5. The van der Waals surface area contributed by atoms with E-state index in [-0.39, 0.29) is 29.1 Å². The smallest absolute Gasteiger partial charge is 0.331 e. The second-order valence-corrected chi connectivity index (χ2v) is 11.1. The van der Waals surface area contributed by atoms with E-state index in [1.807, 2.05) is 0 Å². The molecule has 15 heteroatoms. The van der Waals surface area contributed by atoms with Crippen molar-refractivity contribution in [1.82, 2.24) is 4.90 Å². The Morgan fingerprint density at radius 1 is 0.745 bits per heavy atom. The molecule has 0 N–H and O–H groups in total. The van der Waals surface area contributed by atoms with E-state index in [9.17, 15) is 38.9 Å². The molecule has 3 amide bonds. The second-order valence-electron chi connectivity index (χ2n) is 11.1. The second kappa shape index (κ2) is 18.4. The zero-order valence-corrected chi connectivity index (χ0v) is 28.5. The van der Waals surface area contributed by atoms with Crippen molar-refractivity contribution in [2.75, 3.05) is 18.6 Å². The van der Waals surface area contributed by atoms with Gasteiger partial charge in [-0.05, 0) is 29.3 Å². The molecule has 0 radical (unpaired) electrons. The molecular weight excluding hydrogens is 666 g/mol. The molecule has 15 nitrogen and oxygen atoms in total. The molecule has 0 unspecified atom stereocenters. The highest BCUT2D eigenvalue weighted by atomic mass is 16.6. The van der Waals surface area contributed by atoms with Crippen molar-refractivity contribution < 1.29 is 52.6 Å². The van der Waals surface area contributed by atoms with Gasteiger partial charge in [-0.2, -0.15) is 0 Å². The fourth-order valence-corrected chi connectivity index (χ4v) is 4.87. The van der Waals surface area contributed by atoms with Gasteiger partial charge in [-0.3, -0.25) is 34.1 Å². The number of carbonyl (C=O) groups is 6. The number of urea groups is 1. The van der Waals surface area contributed by atoms with Crippen molar-refractivity contribution in [2.45, 2.75) is 52.6 Å². The summed E-state index contributed by atoms with van der Waals surface area (Å²) in [6.45, 7) is 3.70. The molecule has 0 bridgehead atoms. The van der Waals surface area contributed by atoms with Crippen molar-refractivity contribution in [2.24, 2.45) is 0 Å². The third-order valence-corrected chi connectivity index (χ3v) is 7.01. The van der Waals surface area contributed by atoms with Gasteiger partial charge in [0, 0.05) is 59.0 Å². The number of hydrogen-bond donors (Lipinski definition) is 0. The quantitative estimate of drug-likeness (QED) is 0.0746. The lowest BCUT2D eigenvalue weighted by molar-refractivity contribution is -0.384. The van der Waals surface area contributed by atoms with E-state index < -0.39 is 65.7 Å². The van der Waals surface area contributed by atoms with Gasteiger partial charge < -0.3 is 23.8 Å². The molecule has 51 heavy (non-hydrogen) atoms. The van der Waals surface area contributed by atoms with E-state index >= 15 is 0 Å². The molecule has 0 fully saturated rings. The number of non-ortho nitro benzene ring substituents is 1. The lowest BCUT2D eigenvalue weighted by Crippen LogP contribution is -2.48. The van der Waals surface area contributed by atoms with E-state index in [2.05, 4.69) is 0 Å². The van der Waals surface area contributed by atoms with Crippen LogP contribution in [0.1, 0.15) is 38.8 Å². The molecule has 0 saturated heterocycles. The molecule has 0 heterocycles. The molecule has 0 aliphatic heterocycles. The van der Waals surface area contributed by atoms with Crippen molar-refractivity contribution in [3.05, 3.63) is 112 Å². The van der Waals surface area contributed by atoms with Crippen molar-refractivity contribution in [3.8, 4) is 0 Å². The van der Waals surface area contributed by atoms with E-state index in [0.29, 0.717) is 0 Å². The number of carbonyl (C=O) groups excluding carboxylic acids is 6. The number of nitrogens with zero attached hydrogens (tertiary/aromatic N) is 3. The highest BCUT2D eigenvalue weighted by Crippen LogP contribution is 2.28. The standard InChI is InChI=1S/C36H37N3O12/c1-23(40)48-22-33(50-25(3)42)34(51-26(4)43)32(49-24(2)41)20-31(28-14-10-7-11-15-28)35(44)38(29-16-18-30(19-17-29)39(46)47)36(45)37(5)21-27-12-8-6-9-13-27/h6-20,32-34H,21-22H2,1-5H3/b31-20+/t32-,33-,34+/m1/s1. The Labute approximate surface area is 293 Å². The number of amides is 3. The Kier molecular flexibility index (Phi) is 14.1. The first-order valence-corrected chi connectivity index (χ1v) is 15.5. The predicted octanol–water partition coefficient (Wildman–Crippen LogP) is 4.62. The number of hydrogen-bond acceptors (Lipinski definition) is 12. The van der Waals surface area contributed by atoms with Crippen molar-refractivity contribution in [1.29, 1.82) is 0 Å². The van der Waals surface area contributed by atoms with Crippen LogP contribution in [0.3, 0.4) is 0 Å². The summed E-state index contributed by atoms with van der Waals surface area (Å²) < 4.78 is 21.4. The predicted molar refractivity (Wildman–Crippen MR) is 182 cm³/mol. The molecule has 0 aliphatic carbocycles. The third kappa shape index (κ3) is 11.6. The lowest BCUT2D eigenvalue weighted by atomic mass is 9.98. The van der Waals surface area contributed by atoms with Crippen LogP contribution in [0.25, 0.3) is 5.57 Å². The van der Waals surface area contributed by atoms with Crippen LogP contribution in [0.2, 0.25) is 0 Å². The Balaban J connectivity index is 2.27. The molecule has 0 saturated carbocycles. The first kappa shape index (κ1) is 39.1. The molecule has 3 aromatic rings. The van der Waals surface area contributed by atoms with Crippen molar-refractivity contribution in [3.63, 3.8) is 0 Å². The highest BCUT2D eigenvalue weighted by molar-refractivity contribution is 6.33. The Hall–Kier alpha value is -6.38. The number of benzene rings is 3. The Bertz CT molecular complexity index is 1760. The SMILES string of the molecule is CC(=O)OC[C@@H](OC(C)=O)[C@@H](OC(C)=O)[C@@H](/C=C(/C(=O)N(C(=O)N(C)Cc1ccccc1)c1ccc([N+](=O)[O-])cc1)c1ccccc1)OC(C)=O. The van der Waals surface area contributed by atoms with Gasteiger partial charge in [0.25, 0.3) is 11.6 Å². The summed E-state index contributed by atoms with van der Waals surface area (Å²) in [5.41, 5.74) is 0.388. The van der Waals surface area contributed by atoms with Gasteiger partial charge in [-0.15, -0.1) is 0 Å². The minimum absolute atomic E-state index is 0.0365. The summed E-state index contributed by atoms with van der Waals surface area (Å²) in [6.07, 6.45) is -3.72. The molecule has 0 spiro atoms. The summed E-state index contributed by atoms with van der Waals surface area (Å²) in [4.78, 5) is 90.4. The number of nitro benzene ring substituents is 1. The van der Waals surface area contributed by atoms with E-state index in [1.54, 1.807) is 48.5 Å². The van der Waals surface area contributed by atoms with E-state index in [1.165, 1.54) is 36.2 Å². The minimum Gasteiger partial charge on any atom is -0.462 e. The fraction of sp³-hybridized carbons (Fsp3) is 0.278. The lowest BCUT2D eigenvalue weighted by Gasteiger charge is -2.31. The van der Waals surface area contributed by atoms with Gasteiger partial charge in [-0.25, -0.2) is 9.69 Å². The van der Waals surface area contributed by atoms with Crippen LogP contribution in [-0.4, -0.2) is 77.6 Å². The van der Waals surface area contributed by atoms with Crippen LogP contribution in [0.4, 0.5) is 16.2 Å². The fourth-order valence-electron chi connectivity index (χ4n) is 4.87. The Morgan fingerprint density at radius 2 is 1.29 bits per heavy atom. The van der Waals surface area contributed by atoms with Crippen LogP contribution in [-0.2, 0) is 49.5 Å². The maximum atomic E-state index is 14.8. The largest absolute Gasteiger partial charge is 0.462 e. The first-order chi connectivity index (χ1) is 24.2. The number of ether oxygens (including phenoxy) is 4. The van der Waals surface area contributed by atoms with Crippen LogP contribution in [0.15, 0.2) is 91.0 Å². The van der Waals surface area contributed by atoms with Gasteiger partial charge >= 0.3 is 29.9 Å². The number of esters is 4. The summed E-state index contributed by atoms with van der Waals surface area (Å²) in [5, 5.41) is 11.4. The zero-order chi connectivity index (χ0) is 37.7. The number of rotatable bonds is 14. The Morgan fingerprint density at radius 3 is 1.80 bits per heavy atom. The van der Waals surface area contributed by atoms with Crippen molar-refractivity contribution >= 4 is 52.8 Å². The van der Waals surface area contributed by atoms with Gasteiger partial charge in [0.1, 0.15) is 6.61 Å². The average Bonchev–Trinajstić information content (AvgIpc) is 3.08. The third-order valence-electron chi connectivity index (χ3n) is 7.01. The summed E-state index contributed by atoms with van der Waals surface area (Å²) in [5.74, 6) is -4.38. The topological polar surface area (TPSA) is 189 Å². The van der Waals surface area contributed by atoms with Crippen LogP contribution >= 0.6 is 0 Å². The van der Waals surface area contributed by atoms with Crippen LogP contribution < -0.4 is 4.90 Å². The first-order valence-electron chi connectivity index (χ1n) is 15.5. The summed E-state index contributed by atoms with van der Waals surface area (Å²) in [6, 6.07) is 20.7. The molecule has 0 aliphatic rings. The maximum Gasteiger partial charge on any atom is 0.331 e. The van der Waals surface area contributed by atoms with E-state index in [0.717, 1.165) is 56.4 Å². The molecule has 3 rings (SSSR count). The summed E-state index contributed by atoms with van der Waals surface area (Å²) >= 11 is 0. The molecule has 0 aromatic heterocycles. The number of nitro groups is 1. The number of anilines is 1. The molecule has 3 atom stereocenters. The van der Waals surface area contributed by atoms with Gasteiger partial charge in [0.05, 0.1) is 10.6 Å². The molecule has 268 valence electrons. The average molecular weight is 704 g/mol. The monoisotopic (exact) mass is 703 g/mol. The van der Waals surface area contributed by atoms with E-state index in [4.69, 9.17) is 18.9 Å². The molecular formula is C36H37N3O12. The van der Waals surface area contributed by atoms with Gasteiger partial charge in [0.15, 0.2) is 18.3 Å². The summed E-state index contributed by atoms with van der Waals surface area (Å²) in [7, 11) is 1.46. The molecule has 3 aromatic carbocycles. The van der Waals surface area contributed by atoms with Crippen LogP contribution in [0.5, 0.6) is 0 Å². The number of imide groups is 1. The van der Waals surface area contributed by atoms with Gasteiger partial charge in [0.2, 0.25) is 0 Å². The van der Waals surface area contributed by atoms with Gasteiger partial charge in [-0.1, -0.05) is 60.7 Å². The minimum atomic E-state index is -1.67. The highest BCUT2D eigenvalue weighted by Gasteiger charge is 2.39. The van der Waals surface area contributed by atoms with Crippen LogP contribution in [0, 0.1) is 10.1 Å². The maximum absolute atomic E-state index is 14.8.